The van der Waals surface area contributed by atoms with Gasteiger partial charge in [0.1, 0.15) is 6.20 Å². The van der Waals surface area contributed by atoms with Crippen molar-refractivity contribution in [3.63, 3.8) is 0 Å². The van der Waals surface area contributed by atoms with Gasteiger partial charge in [0.2, 0.25) is 5.69 Å². The SMILES string of the molecule is COC(=O)c1nn(CC2CCCO2)cc1[N+](=O)[O-]. The highest BCUT2D eigenvalue weighted by Crippen LogP contribution is 2.20. The lowest BCUT2D eigenvalue weighted by Crippen LogP contribution is -2.16. The fourth-order valence-electron chi connectivity index (χ4n) is 1.88. The lowest BCUT2D eigenvalue weighted by molar-refractivity contribution is -0.385. The zero-order valence-electron chi connectivity index (χ0n) is 9.87. The van der Waals surface area contributed by atoms with Crippen LogP contribution in [0.3, 0.4) is 0 Å². The fraction of sp³-hybridized carbons (Fsp3) is 0.600. The summed E-state index contributed by atoms with van der Waals surface area (Å²) >= 11 is 0. The number of carbonyl (C=O) groups is 1. The number of rotatable bonds is 4. The van der Waals surface area contributed by atoms with Gasteiger partial charge in [-0.1, -0.05) is 0 Å². The van der Waals surface area contributed by atoms with Crippen LogP contribution in [0.2, 0.25) is 0 Å². The molecule has 1 aliphatic heterocycles. The predicted octanol–water partition coefficient (Wildman–Crippen LogP) is 0.757. The third-order valence-corrected chi connectivity index (χ3v) is 2.73. The molecule has 1 aliphatic rings. The van der Waals surface area contributed by atoms with E-state index in [2.05, 4.69) is 9.84 Å². The van der Waals surface area contributed by atoms with Crippen molar-refractivity contribution in [2.24, 2.45) is 0 Å². The smallest absolute Gasteiger partial charge is 0.365 e. The summed E-state index contributed by atoms with van der Waals surface area (Å²) in [7, 11) is 1.16. The number of esters is 1. The Balaban J connectivity index is 2.21. The van der Waals surface area contributed by atoms with Crippen LogP contribution in [0.1, 0.15) is 23.3 Å². The quantitative estimate of drug-likeness (QED) is 0.447. The van der Waals surface area contributed by atoms with E-state index in [0.29, 0.717) is 13.2 Å². The standard InChI is InChI=1S/C10H13N3O5/c1-17-10(14)9-8(13(15)16)6-12(11-9)5-7-3-2-4-18-7/h6-7H,2-5H2,1H3. The molecule has 0 N–H and O–H groups in total. The van der Waals surface area contributed by atoms with Crippen LogP contribution in [0.4, 0.5) is 5.69 Å². The summed E-state index contributed by atoms with van der Waals surface area (Å²) in [5.74, 6) is -0.812. The van der Waals surface area contributed by atoms with E-state index in [1.165, 1.54) is 10.9 Å². The van der Waals surface area contributed by atoms with Crippen LogP contribution in [0, 0.1) is 10.1 Å². The molecule has 0 amide bonds. The van der Waals surface area contributed by atoms with Crippen LogP contribution in [-0.2, 0) is 16.0 Å². The minimum absolute atomic E-state index is 0.00463. The highest BCUT2D eigenvalue weighted by atomic mass is 16.6. The van der Waals surface area contributed by atoms with E-state index in [-0.39, 0.29) is 17.5 Å². The van der Waals surface area contributed by atoms with Gasteiger partial charge in [0.05, 0.1) is 24.7 Å². The van der Waals surface area contributed by atoms with Crippen molar-refractivity contribution in [1.29, 1.82) is 0 Å². The molecule has 2 rings (SSSR count). The number of hydrogen-bond acceptors (Lipinski definition) is 6. The summed E-state index contributed by atoms with van der Waals surface area (Å²) < 4.78 is 11.2. The predicted molar refractivity (Wildman–Crippen MR) is 59.2 cm³/mol. The molecule has 8 nitrogen and oxygen atoms in total. The Kier molecular flexibility index (Phi) is 3.56. The monoisotopic (exact) mass is 255 g/mol. The van der Waals surface area contributed by atoms with E-state index in [1.807, 2.05) is 0 Å². The molecule has 0 bridgehead atoms. The number of nitrogens with zero attached hydrogens (tertiary/aromatic N) is 3. The van der Waals surface area contributed by atoms with Gasteiger partial charge < -0.3 is 9.47 Å². The Morgan fingerprint density at radius 2 is 2.56 bits per heavy atom. The molecular formula is C10H13N3O5. The van der Waals surface area contributed by atoms with Gasteiger partial charge >= 0.3 is 11.7 Å². The van der Waals surface area contributed by atoms with Crippen molar-refractivity contribution in [3.8, 4) is 0 Å². The second kappa shape index (κ2) is 5.13. The molecule has 1 aromatic rings. The Bertz CT molecular complexity index is 464. The Morgan fingerprint density at radius 1 is 1.78 bits per heavy atom. The van der Waals surface area contributed by atoms with Crippen LogP contribution < -0.4 is 0 Å². The van der Waals surface area contributed by atoms with Crippen molar-refractivity contribution in [1.82, 2.24) is 9.78 Å². The van der Waals surface area contributed by atoms with Gasteiger partial charge in [-0.2, -0.15) is 5.10 Å². The maximum absolute atomic E-state index is 11.4. The van der Waals surface area contributed by atoms with Gasteiger partial charge in [-0.25, -0.2) is 4.79 Å². The van der Waals surface area contributed by atoms with Crippen molar-refractivity contribution in [3.05, 3.63) is 22.0 Å². The third-order valence-electron chi connectivity index (χ3n) is 2.73. The summed E-state index contributed by atoms with van der Waals surface area (Å²) in [6.07, 6.45) is 3.09. The van der Waals surface area contributed by atoms with E-state index < -0.39 is 10.9 Å². The Morgan fingerprint density at radius 3 is 3.11 bits per heavy atom. The lowest BCUT2D eigenvalue weighted by Gasteiger charge is -2.07. The molecule has 98 valence electrons. The molecular weight excluding hydrogens is 242 g/mol. The van der Waals surface area contributed by atoms with Crippen molar-refractivity contribution in [2.75, 3.05) is 13.7 Å². The number of ether oxygens (including phenoxy) is 2. The number of aromatic nitrogens is 2. The number of nitro groups is 1. The van der Waals surface area contributed by atoms with Crippen molar-refractivity contribution in [2.45, 2.75) is 25.5 Å². The topological polar surface area (TPSA) is 96.5 Å². The molecule has 0 radical (unpaired) electrons. The van der Waals surface area contributed by atoms with Crippen LogP contribution in [-0.4, -0.2) is 40.5 Å². The molecule has 1 unspecified atom stereocenters. The molecule has 0 spiro atoms. The number of carbonyl (C=O) groups excluding carboxylic acids is 1. The maximum atomic E-state index is 11.4. The van der Waals surface area contributed by atoms with Crippen molar-refractivity contribution >= 4 is 11.7 Å². The Labute approximate surface area is 103 Å². The lowest BCUT2D eigenvalue weighted by atomic mass is 10.2. The van der Waals surface area contributed by atoms with Gasteiger partial charge in [-0.3, -0.25) is 14.8 Å². The number of methoxy groups -OCH3 is 1. The largest absolute Gasteiger partial charge is 0.464 e. The van der Waals surface area contributed by atoms with E-state index >= 15 is 0 Å². The molecule has 0 aliphatic carbocycles. The fourth-order valence-corrected chi connectivity index (χ4v) is 1.88. The van der Waals surface area contributed by atoms with Gasteiger partial charge in [0.25, 0.3) is 0 Å². The highest BCUT2D eigenvalue weighted by Gasteiger charge is 2.27. The first-order valence-electron chi connectivity index (χ1n) is 5.53. The summed E-state index contributed by atoms with van der Waals surface area (Å²) in [5.41, 5.74) is -0.625. The Hall–Kier alpha value is -1.96. The molecule has 1 saturated heterocycles. The van der Waals surface area contributed by atoms with Crippen molar-refractivity contribution < 1.29 is 19.2 Å². The third kappa shape index (κ3) is 2.48. The number of hydrogen-bond donors (Lipinski definition) is 0. The molecule has 1 aromatic heterocycles. The zero-order chi connectivity index (χ0) is 13.1. The van der Waals surface area contributed by atoms with E-state index in [4.69, 9.17) is 4.74 Å². The summed E-state index contributed by atoms with van der Waals surface area (Å²) in [4.78, 5) is 21.5. The van der Waals surface area contributed by atoms with E-state index in [1.54, 1.807) is 0 Å². The minimum Gasteiger partial charge on any atom is -0.464 e. The molecule has 18 heavy (non-hydrogen) atoms. The van der Waals surface area contributed by atoms with Crippen LogP contribution in [0.15, 0.2) is 6.20 Å². The van der Waals surface area contributed by atoms with Crippen LogP contribution >= 0.6 is 0 Å². The van der Waals surface area contributed by atoms with E-state index in [0.717, 1.165) is 20.0 Å². The molecule has 1 fully saturated rings. The van der Waals surface area contributed by atoms with Gasteiger partial charge in [-0.15, -0.1) is 0 Å². The average Bonchev–Trinajstić information content (AvgIpc) is 2.97. The molecule has 8 heteroatoms. The first kappa shape index (κ1) is 12.5. The first-order valence-corrected chi connectivity index (χ1v) is 5.53. The van der Waals surface area contributed by atoms with Crippen LogP contribution in [0.25, 0.3) is 0 Å². The zero-order valence-corrected chi connectivity index (χ0v) is 9.87. The molecule has 1 atom stereocenters. The summed E-state index contributed by atoms with van der Waals surface area (Å²) in [5, 5.41) is 14.7. The molecule has 0 saturated carbocycles. The highest BCUT2D eigenvalue weighted by molar-refractivity contribution is 5.91. The second-order valence-corrected chi connectivity index (χ2v) is 3.97. The molecule has 0 aromatic carbocycles. The van der Waals surface area contributed by atoms with Gasteiger partial charge in [0.15, 0.2) is 0 Å². The van der Waals surface area contributed by atoms with E-state index in [9.17, 15) is 14.9 Å². The minimum atomic E-state index is -0.812. The average molecular weight is 255 g/mol. The van der Waals surface area contributed by atoms with Gasteiger partial charge in [0, 0.05) is 6.61 Å². The normalized spacial score (nSPS) is 18.8. The maximum Gasteiger partial charge on any atom is 0.365 e. The molecule has 2 heterocycles. The van der Waals surface area contributed by atoms with Gasteiger partial charge in [-0.05, 0) is 12.8 Å². The second-order valence-electron chi connectivity index (χ2n) is 3.97. The summed E-state index contributed by atoms with van der Waals surface area (Å²) in [6, 6.07) is 0. The first-order chi connectivity index (χ1) is 8.61. The summed E-state index contributed by atoms with van der Waals surface area (Å²) in [6.45, 7) is 1.09. The van der Waals surface area contributed by atoms with Crippen LogP contribution in [0.5, 0.6) is 0 Å².